The van der Waals surface area contributed by atoms with Crippen molar-refractivity contribution in [2.75, 3.05) is 19.4 Å². The molecule has 0 bridgehead atoms. The Morgan fingerprint density at radius 1 is 1.60 bits per heavy atom. The van der Waals surface area contributed by atoms with Crippen molar-refractivity contribution < 1.29 is 9.72 Å². The maximum Gasteiger partial charge on any atom is 0.300 e. The summed E-state index contributed by atoms with van der Waals surface area (Å²) in [7, 11) is 3.30. The maximum absolute atomic E-state index is 12.4. The first kappa shape index (κ1) is 15.9. The van der Waals surface area contributed by atoms with Gasteiger partial charge < -0.3 is 10.2 Å². The molecule has 1 aromatic heterocycles. The number of carbonyl (C=O) groups is 1. The van der Waals surface area contributed by atoms with Gasteiger partial charge in [0.1, 0.15) is 17.6 Å². The molecule has 1 amide bonds. The van der Waals surface area contributed by atoms with Crippen LogP contribution in [0, 0.1) is 10.1 Å². The summed E-state index contributed by atoms with van der Waals surface area (Å²) in [5, 5.41) is 13.8. The third-order valence-electron chi connectivity index (χ3n) is 3.25. The number of nitrogens with one attached hydrogen (secondary N) is 1. The molecular weight excluding hydrogens is 260 g/mol. The van der Waals surface area contributed by atoms with Gasteiger partial charge >= 0.3 is 0 Å². The number of carbonyl (C=O) groups excluding carboxylic acids is 1. The number of anilines is 1. The highest BCUT2D eigenvalue weighted by molar-refractivity contribution is 5.98. The van der Waals surface area contributed by atoms with E-state index in [-0.39, 0.29) is 23.2 Å². The highest BCUT2D eigenvalue weighted by Crippen LogP contribution is 2.22. The summed E-state index contributed by atoms with van der Waals surface area (Å²) >= 11 is 0. The summed E-state index contributed by atoms with van der Waals surface area (Å²) in [6.07, 6.45) is 2.90. The lowest BCUT2D eigenvalue weighted by molar-refractivity contribution is -0.385. The average Bonchev–Trinajstić information content (AvgIpc) is 2.45. The second-order valence-electron chi connectivity index (χ2n) is 4.65. The van der Waals surface area contributed by atoms with Gasteiger partial charge in [0.15, 0.2) is 0 Å². The number of hydrogen-bond acceptors (Lipinski definition) is 5. The normalized spacial score (nSPS) is 11.8. The second-order valence-corrected chi connectivity index (χ2v) is 4.65. The van der Waals surface area contributed by atoms with Crippen LogP contribution < -0.4 is 5.32 Å². The van der Waals surface area contributed by atoms with Crippen LogP contribution in [0.2, 0.25) is 0 Å². The van der Waals surface area contributed by atoms with E-state index in [9.17, 15) is 14.9 Å². The lowest BCUT2D eigenvalue weighted by atomic mass is 10.1. The molecule has 0 aliphatic carbocycles. The van der Waals surface area contributed by atoms with Crippen LogP contribution in [0.4, 0.5) is 11.5 Å². The van der Waals surface area contributed by atoms with Gasteiger partial charge in [0, 0.05) is 26.2 Å². The van der Waals surface area contributed by atoms with Crippen LogP contribution in [0.15, 0.2) is 12.3 Å². The van der Waals surface area contributed by atoms with Crippen LogP contribution >= 0.6 is 0 Å². The molecule has 1 rings (SSSR count). The minimum atomic E-state index is -0.585. The Balaban J connectivity index is 3.15. The van der Waals surface area contributed by atoms with Crippen LogP contribution in [0.25, 0.3) is 0 Å². The maximum atomic E-state index is 12.4. The van der Waals surface area contributed by atoms with E-state index >= 15 is 0 Å². The van der Waals surface area contributed by atoms with Crippen molar-refractivity contribution in [3.63, 3.8) is 0 Å². The highest BCUT2D eigenvalue weighted by Gasteiger charge is 2.26. The zero-order chi connectivity index (χ0) is 15.3. The van der Waals surface area contributed by atoms with Crippen molar-refractivity contribution in [1.82, 2.24) is 9.88 Å². The van der Waals surface area contributed by atoms with Gasteiger partial charge in [0.25, 0.3) is 11.6 Å². The van der Waals surface area contributed by atoms with Crippen LogP contribution in [0.5, 0.6) is 0 Å². The van der Waals surface area contributed by atoms with Crippen molar-refractivity contribution >= 4 is 17.4 Å². The molecule has 0 aliphatic rings. The minimum Gasteiger partial charge on any atom is -0.373 e. The molecule has 0 saturated heterocycles. The van der Waals surface area contributed by atoms with Crippen LogP contribution in [-0.2, 0) is 0 Å². The van der Waals surface area contributed by atoms with Gasteiger partial charge in [-0.25, -0.2) is 4.98 Å². The monoisotopic (exact) mass is 280 g/mol. The Kier molecular flexibility index (Phi) is 5.42. The number of hydrogen-bond donors (Lipinski definition) is 1. The molecule has 110 valence electrons. The average molecular weight is 280 g/mol. The van der Waals surface area contributed by atoms with E-state index in [2.05, 4.69) is 10.3 Å². The molecule has 0 aliphatic heterocycles. The lowest BCUT2D eigenvalue weighted by Crippen LogP contribution is -2.35. The van der Waals surface area contributed by atoms with Gasteiger partial charge in [0.05, 0.1) is 4.92 Å². The van der Waals surface area contributed by atoms with E-state index in [4.69, 9.17) is 0 Å². The van der Waals surface area contributed by atoms with E-state index in [1.165, 1.54) is 11.0 Å². The standard InChI is InChI=1S/C13H20N4O3/c1-5-6-9(2)16(4)13(18)10-7-12(14-3)15-8-11(10)17(19)20/h7-9H,5-6H2,1-4H3,(H,14,15). The first-order chi connectivity index (χ1) is 9.42. The van der Waals surface area contributed by atoms with Gasteiger partial charge in [-0.3, -0.25) is 14.9 Å². The van der Waals surface area contributed by atoms with Crippen LogP contribution in [0.1, 0.15) is 37.0 Å². The van der Waals surface area contributed by atoms with E-state index in [1.807, 2.05) is 13.8 Å². The van der Waals surface area contributed by atoms with Crippen LogP contribution in [0.3, 0.4) is 0 Å². The van der Waals surface area contributed by atoms with Crippen molar-refractivity contribution in [3.05, 3.63) is 27.9 Å². The molecule has 7 heteroatoms. The van der Waals surface area contributed by atoms with E-state index in [0.717, 1.165) is 19.0 Å². The Morgan fingerprint density at radius 2 is 2.25 bits per heavy atom. The Hall–Kier alpha value is -2.18. The molecule has 0 radical (unpaired) electrons. The molecular formula is C13H20N4O3. The second kappa shape index (κ2) is 6.83. The summed E-state index contributed by atoms with van der Waals surface area (Å²) in [6.45, 7) is 3.95. The number of nitrogens with zero attached hydrogens (tertiary/aromatic N) is 3. The fourth-order valence-corrected chi connectivity index (χ4v) is 1.90. The molecule has 0 fully saturated rings. The Bertz CT molecular complexity index is 504. The van der Waals surface area contributed by atoms with Crippen LogP contribution in [-0.4, -0.2) is 40.9 Å². The quantitative estimate of drug-likeness (QED) is 0.638. The largest absolute Gasteiger partial charge is 0.373 e. The van der Waals surface area contributed by atoms with Gasteiger partial charge in [-0.2, -0.15) is 0 Å². The lowest BCUT2D eigenvalue weighted by Gasteiger charge is -2.24. The zero-order valence-corrected chi connectivity index (χ0v) is 12.2. The smallest absolute Gasteiger partial charge is 0.300 e. The molecule has 0 spiro atoms. The van der Waals surface area contributed by atoms with Crippen molar-refractivity contribution in [3.8, 4) is 0 Å². The van der Waals surface area contributed by atoms with Crippen molar-refractivity contribution in [2.24, 2.45) is 0 Å². The molecule has 1 unspecified atom stereocenters. The summed E-state index contributed by atoms with van der Waals surface area (Å²) < 4.78 is 0. The molecule has 0 saturated carbocycles. The van der Waals surface area contributed by atoms with Gasteiger partial charge in [-0.15, -0.1) is 0 Å². The van der Waals surface area contributed by atoms with Gasteiger partial charge in [-0.05, 0) is 13.3 Å². The molecule has 1 atom stereocenters. The number of pyridine rings is 1. The fourth-order valence-electron chi connectivity index (χ4n) is 1.90. The summed E-state index contributed by atoms with van der Waals surface area (Å²) in [4.78, 5) is 28.3. The first-order valence-corrected chi connectivity index (χ1v) is 6.51. The highest BCUT2D eigenvalue weighted by atomic mass is 16.6. The van der Waals surface area contributed by atoms with Crippen molar-refractivity contribution in [2.45, 2.75) is 32.7 Å². The van der Waals surface area contributed by atoms with E-state index in [0.29, 0.717) is 5.82 Å². The zero-order valence-electron chi connectivity index (χ0n) is 12.2. The molecule has 0 aromatic carbocycles. The molecule has 7 nitrogen and oxygen atoms in total. The third-order valence-corrected chi connectivity index (χ3v) is 3.25. The number of rotatable bonds is 6. The fraction of sp³-hybridized carbons (Fsp3) is 0.538. The van der Waals surface area contributed by atoms with E-state index < -0.39 is 4.92 Å². The predicted octanol–water partition coefficient (Wildman–Crippen LogP) is 2.29. The number of amides is 1. The molecule has 20 heavy (non-hydrogen) atoms. The first-order valence-electron chi connectivity index (χ1n) is 6.51. The molecule has 1 N–H and O–H groups in total. The topological polar surface area (TPSA) is 88.4 Å². The SMILES string of the molecule is CCCC(C)N(C)C(=O)c1cc(NC)ncc1[N+](=O)[O-]. The molecule has 1 heterocycles. The summed E-state index contributed by atoms with van der Waals surface area (Å²) in [5.74, 6) is 0.0621. The molecule has 1 aromatic rings. The summed E-state index contributed by atoms with van der Waals surface area (Å²) in [6, 6.07) is 1.44. The van der Waals surface area contributed by atoms with Crippen molar-refractivity contribution in [1.29, 1.82) is 0 Å². The van der Waals surface area contributed by atoms with E-state index in [1.54, 1.807) is 14.1 Å². The predicted molar refractivity (Wildman–Crippen MR) is 76.9 cm³/mol. The number of aromatic nitrogens is 1. The summed E-state index contributed by atoms with van der Waals surface area (Å²) in [5.41, 5.74) is -0.218. The minimum absolute atomic E-state index is 0.0262. The Morgan fingerprint density at radius 3 is 2.75 bits per heavy atom. The Labute approximate surface area is 118 Å². The van der Waals surface area contributed by atoms with Gasteiger partial charge in [0.2, 0.25) is 0 Å². The van der Waals surface area contributed by atoms with Gasteiger partial charge in [-0.1, -0.05) is 13.3 Å². The third kappa shape index (κ3) is 3.43. The number of nitro groups is 1.